The molecule has 0 radical (unpaired) electrons. The minimum absolute atomic E-state index is 0.143. The zero-order chi connectivity index (χ0) is 18.9. The predicted molar refractivity (Wildman–Crippen MR) is 106 cm³/mol. The van der Waals surface area contributed by atoms with E-state index in [1.165, 1.54) is 43.2 Å². The molecule has 5 nitrogen and oxygen atoms in total. The van der Waals surface area contributed by atoms with Crippen LogP contribution in [0.3, 0.4) is 0 Å². The van der Waals surface area contributed by atoms with E-state index in [1.807, 2.05) is 24.3 Å². The van der Waals surface area contributed by atoms with Crippen LogP contribution in [0.2, 0.25) is 0 Å². The lowest BCUT2D eigenvalue weighted by molar-refractivity contribution is -0.141. The number of benzene rings is 1. The molecule has 0 unspecified atom stereocenters. The number of thioether (sulfide) groups is 1. The van der Waals surface area contributed by atoms with Gasteiger partial charge in [-0.1, -0.05) is 0 Å². The first-order valence-corrected chi connectivity index (χ1v) is 10.0. The van der Waals surface area contributed by atoms with Gasteiger partial charge in [-0.2, -0.15) is 0 Å². The lowest BCUT2D eigenvalue weighted by Gasteiger charge is -2.28. The molecule has 140 valence electrons. The molecule has 6 heteroatoms. The fourth-order valence-corrected chi connectivity index (χ4v) is 3.29. The van der Waals surface area contributed by atoms with Gasteiger partial charge in [0.2, 0.25) is 5.76 Å². The molecule has 1 aliphatic rings. The number of ether oxygens (including phenoxy) is 1. The van der Waals surface area contributed by atoms with E-state index in [1.54, 1.807) is 13.2 Å². The average molecular weight is 375 g/mol. The van der Waals surface area contributed by atoms with Crippen molar-refractivity contribution in [2.75, 3.05) is 30.9 Å². The molecule has 1 N–H and O–H groups in total. The Morgan fingerprint density at radius 1 is 1.15 bits per heavy atom. The minimum Gasteiger partial charge on any atom is -0.502 e. The molecule has 26 heavy (non-hydrogen) atoms. The fourth-order valence-electron chi connectivity index (χ4n) is 2.78. The summed E-state index contributed by atoms with van der Waals surface area (Å²) in [6, 6.07) is 7.60. The second-order valence-corrected chi connectivity index (χ2v) is 6.78. The number of allylic oxidation sites excluding steroid dienone is 3. The summed E-state index contributed by atoms with van der Waals surface area (Å²) in [6.07, 6.45) is 8.11. The molecule has 1 aromatic rings. The van der Waals surface area contributed by atoms with Crippen molar-refractivity contribution in [3.63, 3.8) is 0 Å². The van der Waals surface area contributed by atoms with Gasteiger partial charge in [-0.15, -0.1) is 11.8 Å². The van der Waals surface area contributed by atoms with Crippen molar-refractivity contribution >= 4 is 29.2 Å². The first kappa shape index (κ1) is 20.1. The van der Waals surface area contributed by atoms with E-state index in [9.17, 15) is 14.7 Å². The number of carbonyl (C=O) groups excluding carboxylic acids is 2. The van der Waals surface area contributed by atoms with Gasteiger partial charge in [0.05, 0.1) is 11.5 Å². The maximum absolute atomic E-state index is 12.6. The molecule has 1 aliphatic heterocycles. The molecular formula is C20H25NO4S. The van der Waals surface area contributed by atoms with Crippen molar-refractivity contribution in [1.82, 2.24) is 0 Å². The second-order valence-electron chi connectivity index (χ2n) is 5.93. The third-order valence-electron chi connectivity index (χ3n) is 4.17. The first-order valence-electron chi connectivity index (χ1n) is 8.78. The van der Waals surface area contributed by atoms with Crippen LogP contribution < -0.4 is 4.90 Å². The molecular weight excluding hydrogens is 350 g/mol. The SMILES string of the molecule is CCOC(=O)C(O)=CC=C(SC)C(=O)c1ccc(N2CCCCC2)cc1. The van der Waals surface area contributed by atoms with Crippen LogP contribution >= 0.6 is 11.8 Å². The molecule has 0 atom stereocenters. The van der Waals surface area contributed by atoms with Crippen molar-refractivity contribution in [2.24, 2.45) is 0 Å². The Hall–Kier alpha value is -2.21. The van der Waals surface area contributed by atoms with Gasteiger partial charge in [0.1, 0.15) is 0 Å². The number of esters is 1. The molecule has 0 aromatic heterocycles. The second kappa shape index (κ2) is 10.1. The largest absolute Gasteiger partial charge is 0.502 e. The van der Waals surface area contributed by atoms with Crippen LogP contribution in [0.15, 0.2) is 47.1 Å². The maximum atomic E-state index is 12.6. The third-order valence-corrected chi connectivity index (χ3v) is 4.93. The number of nitrogens with zero attached hydrogens (tertiary/aromatic N) is 1. The molecule has 1 aromatic carbocycles. The number of hydrogen-bond donors (Lipinski definition) is 1. The molecule has 0 saturated carbocycles. The summed E-state index contributed by atoms with van der Waals surface area (Å²) < 4.78 is 4.70. The summed E-state index contributed by atoms with van der Waals surface area (Å²) in [5, 5.41) is 9.64. The molecule has 0 bridgehead atoms. The summed E-state index contributed by atoms with van der Waals surface area (Å²) >= 11 is 1.27. The van der Waals surface area contributed by atoms with Crippen molar-refractivity contribution in [1.29, 1.82) is 0 Å². The minimum atomic E-state index is -0.803. The lowest BCUT2D eigenvalue weighted by Crippen LogP contribution is -2.29. The van der Waals surface area contributed by atoms with E-state index in [-0.39, 0.29) is 12.4 Å². The monoisotopic (exact) mass is 375 g/mol. The number of hydrogen-bond acceptors (Lipinski definition) is 6. The Morgan fingerprint density at radius 2 is 1.81 bits per heavy atom. The normalized spacial score (nSPS) is 15.7. The van der Waals surface area contributed by atoms with E-state index in [0.717, 1.165) is 18.8 Å². The number of piperidine rings is 1. The van der Waals surface area contributed by atoms with Gasteiger partial charge in [-0.25, -0.2) is 4.79 Å². The molecule has 0 amide bonds. The number of rotatable bonds is 7. The standard InChI is InChI=1S/C20H25NO4S/c1-3-25-20(24)17(22)11-12-18(26-2)19(23)15-7-9-16(10-8-15)21-13-5-4-6-14-21/h7-12,22H,3-6,13-14H2,1-2H3. The molecule has 1 heterocycles. The lowest BCUT2D eigenvalue weighted by atomic mass is 10.1. The summed E-state index contributed by atoms with van der Waals surface area (Å²) in [6.45, 7) is 3.95. The van der Waals surface area contributed by atoms with Crippen molar-refractivity contribution in [2.45, 2.75) is 26.2 Å². The van der Waals surface area contributed by atoms with Crippen LogP contribution in [-0.2, 0) is 9.53 Å². The van der Waals surface area contributed by atoms with Gasteiger partial charge in [-0.3, -0.25) is 4.79 Å². The van der Waals surface area contributed by atoms with E-state index in [0.29, 0.717) is 10.5 Å². The van der Waals surface area contributed by atoms with Gasteiger partial charge in [0.15, 0.2) is 5.78 Å². The van der Waals surface area contributed by atoms with E-state index in [4.69, 9.17) is 4.74 Å². The Labute approximate surface area is 158 Å². The van der Waals surface area contributed by atoms with Gasteiger partial charge in [0.25, 0.3) is 0 Å². The van der Waals surface area contributed by atoms with Gasteiger partial charge in [0, 0.05) is 24.3 Å². The summed E-state index contributed by atoms with van der Waals surface area (Å²) in [4.78, 5) is 26.8. The third kappa shape index (κ3) is 5.39. The van der Waals surface area contributed by atoms with Crippen molar-refractivity contribution in [3.8, 4) is 0 Å². The van der Waals surface area contributed by atoms with Crippen molar-refractivity contribution in [3.05, 3.63) is 52.6 Å². The number of Topliss-reactive ketones (excluding diaryl/α,β-unsaturated/α-hetero) is 1. The van der Waals surface area contributed by atoms with Gasteiger partial charge >= 0.3 is 5.97 Å². The summed E-state index contributed by atoms with van der Waals surface area (Å²) in [7, 11) is 0. The van der Waals surface area contributed by atoms with Crippen LogP contribution in [0.25, 0.3) is 0 Å². The molecule has 0 spiro atoms. The van der Waals surface area contributed by atoms with Crippen LogP contribution in [0.5, 0.6) is 0 Å². The number of aliphatic hydroxyl groups is 1. The van der Waals surface area contributed by atoms with Gasteiger partial charge in [-0.05, 0) is 68.9 Å². The molecule has 0 aliphatic carbocycles. The maximum Gasteiger partial charge on any atom is 0.373 e. The zero-order valence-electron chi connectivity index (χ0n) is 15.2. The molecule has 1 fully saturated rings. The van der Waals surface area contributed by atoms with Gasteiger partial charge < -0.3 is 14.7 Å². The van der Waals surface area contributed by atoms with Crippen LogP contribution in [0.1, 0.15) is 36.5 Å². The van der Waals surface area contributed by atoms with E-state index in [2.05, 4.69) is 4.90 Å². The quantitative estimate of drug-likeness (QED) is 0.254. The zero-order valence-corrected chi connectivity index (χ0v) is 16.1. The van der Waals surface area contributed by atoms with Crippen molar-refractivity contribution < 1.29 is 19.4 Å². The van der Waals surface area contributed by atoms with E-state index < -0.39 is 11.7 Å². The highest BCUT2D eigenvalue weighted by Gasteiger charge is 2.14. The predicted octanol–water partition coefficient (Wildman–Crippen LogP) is 4.11. The number of ketones is 1. The number of carbonyl (C=O) groups is 2. The highest BCUT2D eigenvalue weighted by atomic mass is 32.2. The highest BCUT2D eigenvalue weighted by Crippen LogP contribution is 2.23. The Bertz CT molecular complexity index is 688. The molecule has 1 saturated heterocycles. The average Bonchev–Trinajstić information content (AvgIpc) is 2.69. The van der Waals surface area contributed by atoms with Crippen LogP contribution in [0, 0.1) is 0 Å². The Morgan fingerprint density at radius 3 is 2.38 bits per heavy atom. The first-order chi connectivity index (χ1) is 12.6. The number of aliphatic hydroxyl groups excluding tert-OH is 1. The van der Waals surface area contributed by atoms with E-state index >= 15 is 0 Å². The fraction of sp³-hybridized carbons (Fsp3) is 0.400. The van der Waals surface area contributed by atoms with Crippen LogP contribution in [0.4, 0.5) is 5.69 Å². The summed E-state index contributed by atoms with van der Waals surface area (Å²) in [5.41, 5.74) is 1.71. The van der Waals surface area contributed by atoms with Crippen LogP contribution in [-0.4, -0.2) is 42.8 Å². The smallest absolute Gasteiger partial charge is 0.373 e. The highest BCUT2D eigenvalue weighted by molar-refractivity contribution is 8.03. The summed E-state index contributed by atoms with van der Waals surface area (Å²) in [5.74, 6) is -1.47. The topological polar surface area (TPSA) is 66.8 Å². The Kier molecular flexibility index (Phi) is 7.78. The Balaban J connectivity index is 2.10. The molecule has 2 rings (SSSR count). The number of anilines is 1.